The van der Waals surface area contributed by atoms with E-state index >= 15 is 0 Å². The van der Waals surface area contributed by atoms with Crippen molar-refractivity contribution in [2.75, 3.05) is 13.2 Å². The summed E-state index contributed by atoms with van der Waals surface area (Å²) < 4.78 is 16.8. The maximum absolute atomic E-state index is 12.8. The fraction of sp³-hybridized carbons (Fsp3) is 0.661. The highest BCUT2D eigenvalue weighted by Gasteiger charge is 2.19. The minimum absolute atomic E-state index is 0.113. The number of allylic oxidation sites excluding steroid dienone is 18. The summed E-state index contributed by atoms with van der Waals surface area (Å²) in [6.45, 7) is 6.42. The van der Waals surface area contributed by atoms with Gasteiger partial charge in [-0.3, -0.25) is 14.4 Å². The number of rotatable bonds is 49. The highest BCUT2D eigenvalue weighted by Crippen LogP contribution is 2.13. The third kappa shape index (κ3) is 53.0. The first-order valence-corrected chi connectivity index (χ1v) is 27.9. The van der Waals surface area contributed by atoms with Gasteiger partial charge in [0.25, 0.3) is 0 Å². The molecule has 0 aromatic rings. The summed E-state index contributed by atoms with van der Waals surface area (Å²) in [6, 6.07) is 0. The molecule has 0 aliphatic heterocycles. The molecule has 6 heteroatoms. The van der Waals surface area contributed by atoms with E-state index in [4.69, 9.17) is 14.2 Å². The van der Waals surface area contributed by atoms with Crippen LogP contribution in [0.5, 0.6) is 0 Å². The van der Waals surface area contributed by atoms with Gasteiger partial charge < -0.3 is 14.2 Å². The van der Waals surface area contributed by atoms with Crippen molar-refractivity contribution in [3.05, 3.63) is 109 Å². The lowest BCUT2D eigenvalue weighted by Gasteiger charge is -2.18. The van der Waals surface area contributed by atoms with Crippen LogP contribution in [0.4, 0.5) is 0 Å². The minimum Gasteiger partial charge on any atom is -0.462 e. The van der Waals surface area contributed by atoms with Gasteiger partial charge in [0.1, 0.15) is 13.2 Å². The van der Waals surface area contributed by atoms with Crippen LogP contribution in [0.1, 0.15) is 245 Å². The molecule has 0 radical (unpaired) electrons. The van der Waals surface area contributed by atoms with Crippen molar-refractivity contribution >= 4 is 17.9 Å². The summed E-state index contributed by atoms with van der Waals surface area (Å²) in [7, 11) is 0. The van der Waals surface area contributed by atoms with Gasteiger partial charge in [0, 0.05) is 19.3 Å². The molecule has 0 aromatic carbocycles. The summed E-state index contributed by atoms with van der Waals surface area (Å²) in [6.07, 6.45) is 75.0. The monoisotopic (exact) mass is 943 g/mol. The standard InChI is InChI=1S/C62H102O6/c1-4-7-10-13-16-19-22-25-28-30-31-32-35-37-40-43-46-49-52-55-61(64)67-58-59(57-66-60(63)54-51-48-45-42-39-36-33-27-24-21-18-15-12-9-6-3)68-62(65)56-53-50-47-44-41-38-34-29-26-23-20-17-14-11-8-5-2/h9,12,16,18-19,21,25,27-29,31-34,37,39-40,42,59H,4-8,10-11,13-15,17,20,22-24,26,30,35-36,38,41,43-58H2,1-3H3/b12-9-,19-16-,21-18-,28-25-,32-31-,33-27-,34-29-,40-37-,42-39-/t59-/m1/s1. The minimum atomic E-state index is -0.815. The summed E-state index contributed by atoms with van der Waals surface area (Å²) in [5, 5.41) is 0. The Morgan fingerprint density at radius 1 is 0.309 bits per heavy atom. The molecule has 0 fully saturated rings. The van der Waals surface area contributed by atoms with Gasteiger partial charge >= 0.3 is 17.9 Å². The maximum atomic E-state index is 12.8. The predicted molar refractivity (Wildman–Crippen MR) is 293 cm³/mol. The van der Waals surface area contributed by atoms with E-state index < -0.39 is 6.10 Å². The Morgan fingerprint density at radius 2 is 0.574 bits per heavy atom. The summed E-state index contributed by atoms with van der Waals surface area (Å²) in [5.41, 5.74) is 0. The van der Waals surface area contributed by atoms with Gasteiger partial charge in [-0.15, -0.1) is 0 Å². The molecule has 0 rings (SSSR count). The normalized spacial score (nSPS) is 12.9. The molecular formula is C62H102O6. The maximum Gasteiger partial charge on any atom is 0.306 e. The second-order valence-electron chi connectivity index (χ2n) is 18.1. The molecule has 0 aromatic heterocycles. The lowest BCUT2D eigenvalue weighted by molar-refractivity contribution is -0.167. The van der Waals surface area contributed by atoms with Crippen LogP contribution in [0.25, 0.3) is 0 Å². The molecule has 0 N–H and O–H groups in total. The van der Waals surface area contributed by atoms with Crippen LogP contribution < -0.4 is 0 Å². The zero-order chi connectivity index (χ0) is 49.3. The molecule has 0 spiro atoms. The Balaban J connectivity index is 4.53. The molecule has 0 aliphatic rings. The van der Waals surface area contributed by atoms with E-state index in [0.717, 1.165) is 116 Å². The van der Waals surface area contributed by atoms with Gasteiger partial charge in [0.2, 0.25) is 0 Å². The SMILES string of the molecule is CC/C=C\C/C=C\C/C=C\C/C=C\CCCCC(=O)OC[C@H](COC(=O)CCCCC/C=C\C/C=C\C/C=C\C/C=C\CCCCC)OC(=O)CCCCCCC/C=C\CCCCCCCCC. The second-order valence-corrected chi connectivity index (χ2v) is 18.1. The molecule has 1 atom stereocenters. The Kier molecular flexibility index (Phi) is 52.4. The number of hydrogen-bond donors (Lipinski definition) is 0. The van der Waals surface area contributed by atoms with Gasteiger partial charge in [-0.25, -0.2) is 0 Å². The highest BCUT2D eigenvalue weighted by molar-refractivity contribution is 5.71. The number of carbonyl (C=O) groups is 3. The van der Waals surface area contributed by atoms with Crippen molar-refractivity contribution in [2.24, 2.45) is 0 Å². The van der Waals surface area contributed by atoms with Crippen LogP contribution in [-0.4, -0.2) is 37.2 Å². The summed E-state index contributed by atoms with van der Waals surface area (Å²) >= 11 is 0. The lowest BCUT2D eigenvalue weighted by Crippen LogP contribution is -2.30. The molecule has 6 nitrogen and oxygen atoms in total. The quantitative estimate of drug-likeness (QED) is 0.0262. The number of unbranched alkanes of at least 4 members (excludes halogenated alkanes) is 20. The fourth-order valence-electron chi connectivity index (χ4n) is 7.29. The van der Waals surface area contributed by atoms with E-state index in [-0.39, 0.29) is 31.1 Å². The van der Waals surface area contributed by atoms with Crippen molar-refractivity contribution in [2.45, 2.75) is 252 Å². The zero-order valence-corrected chi connectivity index (χ0v) is 44.1. The predicted octanol–water partition coefficient (Wildman–Crippen LogP) is 18.7. The van der Waals surface area contributed by atoms with Crippen LogP contribution in [0, 0.1) is 0 Å². The lowest BCUT2D eigenvalue weighted by atomic mass is 10.1. The van der Waals surface area contributed by atoms with Crippen molar-refractivity contribution in [1.82, 2.24) is 0 Å². The van der Waals surface area contributed by atoms with Crippen molar-refractivity contribution in [3.8, 4) is 0 Å². The van der Waals surface area contributed by atoms with E-state index in [0.29, 0.717) is 25.7 Å². The largest absolute Gasteiger partial charge is 0.462 e. The molecular weight excluding hydrogens is 841 g/mol. The zero-order valence-electron chi connectivity index (χ0n) is 44.1. The van der Waals surface area contributed by atoms with Gasteiger partial charge in [-0.1, -0.05) is 207 Å². The molecule has 0 aliphatic carbocycles. The average Bonchev–Trinajstić information content (AvgIpc) is 3.34. The Hall–Kier alpha value is -3.93. The highest BCUT2D eigenvalue weighted by atomic mass is 16.6. The van der Waals surface area contributed by atoms with E-state index in [2.05, 4.69) is 130 Å². The third-order valence-corrected chi connectivity index (χ3v) is 11.5. The molecule has 0 bridgehead atoms. The summed E-state index contributed by atoms with van der Waals surface area (Å²) in [4.78, 5) is 38.1. The first-order chi connectivity index (χ1) is 33.5. The summed E-state index contributed by atoms with van der Waals surface area (Å²) in [5.74, 6) is -0.992. The van der Waals surface area contributed by atoms with Gasteiger partial charge in [-0.2, -0.15) is 0 Å². The van der Waals surface area contributed by atoms with Gasteiger partial charge in [0.15, 0.2) is 6.10 Å². The molecule has 386 valence electrons. The number of carbonyl (C=O) groups excluding carboxylic acids is 3. The molecule has 0 unspecified atom stereocenters. The van der Waals surface area contributed by atoms with Gasteiger partial charge in [0.05, 0.1) is 0 Å². The number of hydrogen-bond acceptors (Lipinski definition) is 6. The van der Waals surface area contributed by atoms with Gasteiger partial charge in [-0.05, 0) is 128 Å². The molecule has 0 heterocycles. The van der Waals surface area contributed by atoms with E-state index in [1.165, 1.54) is 83.5 Å². The van der Waals surface area contributed by atoms with Crippen LogP contribution >= 0.6 is 0 Å². The first-order valence-electron chi connectivity index (χ1n) is 27.9. The Bertz CT molecular complexity index is 1410. The van der Waals surface area contributed by atoms with E-state index in [9.17, 15) is 14.4 Å². The number of esters is 3. The van der Waals surface area contributed by atoms with E-state index in [1.807, 2.05) is 0 Å². The Morgan fingerprint density at radius 3 is 0.985 bits per heavy atom. The van der Waals surface area contributed by atoms with Crippen molar-refractivity contribution in [3.63, 3.8) is 0 Å². The van der Waals surface area contributed by atoms with Crippen LogP contribution in [-0.2, 0) is 28.6 Å². The second kappa shape index (κ2) is 55.7. The van der Waals surface area contributed by atoms with E-state index in [1.54, 1.807) is 0 Å². The Labute approximate surface area is 419 Å². The van der Waals surface area contributed by atoms with Crippen LogP contribution in [0.15, 0.2) is 109 Å². The van der Waals surface area contributed by atoms with Crippen molar-refractivity contribution < 1.29 is 28.6 Å². The number of ether oxygens (including phenoxy) is 3. The topological polar surface area (TPSA) is 78.9 Å². The molecule has 0 saturated carbocycles. The smallest absolute Gasteiger partial charge is 0.306 e. The van der Waals surface area contributed by atoms with Crippen LogP contribution in [0.3, 0.4) is 0 Å². The molecule has 68 heavy (non-hydrogen) atoms. The average molecular weight is 943 g/mol. The molecule has 0 amide bonds. The fourth-order valence-corrected chi connectivity index (χ4v) is 7.29. The molecule has 0 saturated heterocycles. The van der Waals surface area contributed by atoms with Crippen molar-refractivity contribution in [1.29, 1.82) is 0 Å². The van der Waals surface area contributed by atoms with Crippen LogP contribution in [0.2, 0.25) is 0 Å². The first kappa shape index (κ1) is 64.1. The third-order valence-electron chi connectivity index (χ3n) is 11.5.